The molecule has 0 aromatic heterocycles. The van der Waals surface area contributed by atoms with Crippen LogP contribution in [0.1, 0.15) is 17.1 Å². The van der Waals surface area contributed by atoms with Crippen LogP contribution in [-0.4, -0.2) is 50.1 Å². The molecule has 0 aliphatic heterocycles. The van der Waals surface area contributed by atoms with Gasteiger partial charge in [-0.2, -0.15) is 0 Å². The van der Waals surface area contributed by atoms with Gasteiger partial charge in [-0.15, -0.1) is 0 Å². The summed E-state index contributed by atoms with van der Waals surface area (Å²) in [5, 5.41) is 33.7. The predicted octanol–water partition coefficient (Wildman–Crippen LogP) is -9.20. The molecule has 0 aliphatic rings. The fourth-order valence-electron chi connectivity index (χ4n) is 0.985. The second kappa shape index (κ2) is 12.4. The Balaban J connectivity index is -0.0000000750. The van der Waals surface area contributed by atoms with Crippen molar-refractivity contribution in [3.05, 3.63) is 0 Å². The van der Waals surface area contributed by atoms with Gasteiger partial charge in [0.25, 0.3) is 0 Å². The van der Waals surface area contributed by atoms with E-state index in [1.54, 1.807) is 0 Å². The van der Waals surface area contributed by atoms with E-state index in [1.807, 2.05) is 0 Å². The smallest absolute Gasteiger partial charge is 1.00 e. The zero-order valence-electron chi connectivity index (χ0n) is 13.7. The van der Waals surface area contributed by atoms with E-state index in [4.69, 9.17) is 20.4 Å². The van der Waals surface area contributed by atoms with Crippen LogP contribution in [0.4, 0.5) is 4.79 Å². The SMILES string of the molecule is O=C(O)CC(CC(=O)O)(OC(=O)O)C(=O)O.[H-].[H-].[H-].[Na+].[Na+].[Na+]. The molecule has 0 radical (unpaired) electrons. The van der Waals surface area contributed by atoms with Crippen molar-refractivity contribution in [3.8, 4) is 0 Å². The summed E-state index contributed by atoms with van der Waals surface area (Å²) < 4.78 is 3.88. The number of rotatable bonds is 6. The molecule has 12 heteroatoms. The maximum Gasteiger partial charge on any atom is 1.00 e. The maximum absolute atomic E-state index is 10.7. The third kappa shape index (κ3) is 11.1. The monoisotopic (exact) mass is 308 g/mol. The van der Waals surface area contributed by atoms with Crippen LogP contribution in [0.15, 0.2) is 0 Å². The number of carboxylic acids is 3. The summed E-state index contributed by atoms with van der Waals surface area (Å²) in [6.45, 7) is 0. The van der Waals surface area contributed by atoms with E-state index in [2.05, 4.69) is 4.74 Å². The summed E-state index contributed by atoms with van der Waals surface area (Å²) in [5.41, 5.74) is -2.82. The van der Waals surface area contributed by atoms with Gasteiger partial charge in [0.1, 0.15) is 0 Å². The Kier molecular flexibility index (Phi) is 18.3. The normalized spacial score (nSPS) is 8.84. The molecule has 0 rings (SSSR count). The van der Waals surface area contributed by atoms with Gasteiger partial charge >= 0.3 is 113 Å². The van der Waals surface area contributed by atoms with Crippen LogP contribution < -0.4 is 88.7 Å². The third-order valence-electron chi connectivity index (χ3n) is 1.55. The van der Waals surface area contributed by atoms with E-state index in [0.717, 1.165) is 0 Å². The zero-order valence-corrected chi connectivity index (χ0v) is 16.7. The first kappa shape index (κ1) is 27.9. The molecule has 0 heterocycles. The molecule has 0 bridgehead atoms. The molecule has 0 spiro atoms. The topological polar surface area (TPSA) is 158 Å². The van der Waals surface area contributed by atoms with Crippen molar-refractivity contribution in [2.24, 2.45) is 0 Å². The van der Waals surface area contributed by atoms with Gasteiger partial charge in [0.15, 0.2) is 0 Å². The van der Waals surface area contributed by atoms with E-state index in [1.165, 1.54) is 0 Å². The molecule has 4 N–H and O–H groups in total. The van der Waals surface area contributed by atoms with Gasteiger partial charge in [-0.1, -0.05) is 0 Å². The van der Waals surface area contributed by atoms with E-state index in [9.17, 15) is 19.2 Å². The third-order valence-corrected chi connectivity index (χ3v) is 1.55. The Bertz CT molecular complexity index is 315. The molecule has 19 heavy (non-hydrogen) atoms. The Hall–Kier alpha value is 0.680. The Labute approximate surface area is 178 Å². The van der Waals surface area contributed by atoms with Crippen LogP contribution in [0.25, 0.3) is 0 Å². The summed E-state index contributed by atoms with van der Waals surface area (Å²) in [4.78, 5) is 41.6. The van der Waals surface area contributed by atoms with Gasteiger partial charge in [-0.3, -0.25) is 9.59 Å². The van der Waals surface area contributed by atoms with Crippen molar-refractivity contribution in [1.29, 1.82) is 0 Å². The number of aliphatic carboxylic acids is 3. The molecule has 0 fully saturated rings. The molecular formula is C7H11Na3O9. The molecule has 0 aliphatic carbocycles. The van der Waals surface area contributed by atoms with Crippen LogP contribution in [0.5, 0.6) is 0 Å². The summed E-state index contributed by atoms with van der Waals surface area (Å²) >= 11 is 0. The van der Waals surface area contributed by atoms with Crippen molar-refractivity contribution in [2.45, 2.75) is 18.4 Å². The number of hydrogen-bond donors (Lipinski definition) is 4. The van der Waals surface area contributed by atoms with Crippen LogP contribution in [0.3, 0.4) is 0 Å². The first-order valence-corrected chi connectivity index (χ1v) is 3.78. The molecule has 0 unspecified atom stereocenters. The molecule has 9 nitrogen and oxygen atoms in total. The molecule has 0 aromatic rings. The minimum atomic E-state index is -2.82. The first-order chi connectivity index (χ1) is 7.19. The summed E-state index contributed by atoms with van der Waals surface area (Å²) in [6.07, 6.45) is -4.62. The van der Waals surface area contributed by atoms with Gasteiger partial charge in [0, 0.05) is 0 Å². The van der Waals surface area contributed by atoms with Crippen LogP contribution >= 0.6 is 0 Å². The van der Waals surface area contributed by atoms with E-state index >= 15 is 0 Å². The van der Waals surface area contributed by atoms with E-state index in [-0.39, 0.29) is 93.0 Å². The first-order valence-electron chi connectivity index (χ1n) is 3.78. The van der Waals surface area contributed by atoms with Gasteiger partial charge in [-0.25, -0.2) is 9.59 Å². The molecule has 0 saturated carbocycles. The zero-order chi connectivity index (χ0) is 12.9. The van der Waals surface area contributed by atoms with Crippen LogP contribution in [-0.2, 0) is 19.1 Å². The van der Waals surface area contributed by atoms with Gasteiger partial charge in [-0.05, 0) is 0 Å². The Morgan fingerprint density at radius 3 is 1.32 bits per heavy atom. The standard InChI is InChI=1S/C7H8O9.3Na.3H/c8-3(9)1-7(5(12)13,2-4(10)11)16-6(14)15;;;;;;/h1-2H2,(H,8,9)(H,10,11)(H,12,13)(H,14,15);;;;;;/q;3*+1;3*-1. The van der Waals surface area contributed by atoms with Crippen LogP contribution in [0.2, 0.25) is 0 Å². The molecule has 0 saturated heterocycles. The molecule has 96 valence electrons. The largest absolute Gasteiger partial charge is 1.00 e. The van der Waals surface area contributed by atoms with Crippen molar-refractivity contribution in [2.75, 3.05) is 0 Å². The average Bonchev–Trinajstić information content (AvgIpc) is 1.98. The van der Waals surface area contributed by atoms with Crippen molar-refractivity contribution in [3.63, 3.8) is 0 Å². The van der Waals surface area contributed by atoms with Gasteiger partial charge in [0.2, 0.25) is 5.60 Å². The van der Waals surface area contributed by atoms with Crippen molar-refractivity contribution >= 4 is 24.1 Å². The summed E-state index contributed by atoms with van der Waals surface area (Å²) in [7, 11) is 0. The molecule has 0 aromatic carbocycles. The minimum absolute atomic E-state index is 0. The Morgan fingerprint density at radius 1 is 0.842 bits per heavy atom. The molecule has 0 amide bonds. The minimum Gasteiger partial charge on any atom is -1.00 e. The number of ether oxygens (including phenoxy) is 1. The molecular weight excluding hydrogens is 297 g/mol. The fraction of sp³-hybridized carbons (Fsp3) is 0.429. The van der Waals surface area contributed by atoms with Gasteiger partial charge < -0.3 is 29.4 Å². The number of hydrogen-bond acceptors (Lipinski definition) is 5. The van der Waals surface area contributed by atoms with Crippen molar-refractivity contribution in [1.82, 2.24) is 0 Å². The second-order valence-corrected chi connectivity index (χ2v) is 2.81. The number of carboxylic acid groups (broad SMARTS) is 4. The summed E-state index contributed by atoms with van der Waals surface area (Å²) in [5.74, 6) is -5.35. The quantitative estimate of drug-likeness (QED) is 0.276. The van der Waals surface area contributed by atoms with Crippen LogP contribution in [0, 0.1) is 0 Å². The molecule has 0 atom stereocenters. The van der Waals surface area contributed by atoms with E-state index < -0.39 is 42.5 Å². The maximum atomic E-state index is 10.7. The second-order valence-electron chi connectivity index (χ2n) is 2.81. The fourth-order valence-corrected chi connectivity index (χ4v) is 0.985. The van der Waals surface area contributed by atoms with Gasteiger partial charge in [0.05, 0.1) is 12.8 Å². The Morgan fingerprint density at radius 2 is 1.16 bits per heavy atom. The average molecular weight is 308 g/mol. The summed E-state index contributed by atoms with van der Waals surface area (Å²) in [6, 6.07) is 0. The number of carbonyl (C=O) groups is 4. The predicted molar refractivity (Wildman–Crippen MR) is 47.3 cm³/mol. The van der Waals surface area contributed by atoms with E-state index in [0.29, 0.717) is 0 Å². The van der Waals surface area contributed by atoms with Crippen molar-refractivity contribution < 1.29 is 137 Å².